The van der Waals surface area contributed by atoms with Crippen LogP contribution in [0.25, 0.3) is 0 Å². The van der Waals surface area contributed by atoms with Crippen molar-refractivity contribution in [2.45, 2.75) is 335 Å². The van der Waals surface area contributed by atoms with Gasteiger partial charge in [0.1, 0.15) is 97.6 Å². The van der Waals surface area contributed by atoms with E-state index in [2.05, 4.69) is 24.5 Å². The van der Waals surface area contributed by atoms with E-state index in [1.807, 2.05) is 6.08 Å². The Balaban J connectivity index is 1.36. The van der Waals surface area contributed by atoms with Crippen LogP contribution in [0.4, 0.5) is 0 Å². The van der Waals surface area contributed by atoms with Crippen LogP contribution in [-0.4, -0.2) is 246 Å². The maximum Gasteiger partial charge on any atom is 0.220 e. The molecule has 0 aromatic heterocycles. The fourth-order valence-corrected chi connectivity index (χ4v) is 11.7. The highest BCUT2D eigenvalue weighted by Crippen LogP contribution is 2.35. The molecule has 22 atom stereocenters. The Hall–Kier alpha value is -2.16. The fourth-order valence-electron chi connectivity index (χ4n) is 11.7. The second kappa shape index (κ2) is 43.6. The first kappa shape index (κ1) is 77.3. The van der Waals surface area contributed by atoms with Crippen molar-refractivity contribution in [3.63, 3.8) is 0 Å². The molecule has 0 aliphatic carbocycles. The number of allylic oxidation sites excluding steroid dienone is 1. The highest BCUT2D eigenvalue weighted by molar-refractivity contribution is 5.76. The number of aliphatic hydroxyl groups excluding tert-OH is 13. The van der Waals surface area contributed by atoms with Gasteiger partial charge in [-0.15, -0.1) is 0 Å². The smallest absolute Gasteiger partial charge is 0.220 e. The molecule has 25 heteroatoms. The molecule has 0 spiro atoms. The SMILES string of the molecule is CCCCCCCCCCCCC/C=C/[C@@H](O)[C@H](CO[C@@H]1OC(CO)[C@@H](O[C@@H]2OC(CO)[C@H](O[C@@H]3OC(CO)[C@H](O)[C@H](O[C@@H]4OC(CO)[C@H](O)[C@H](O)C4O)C3NC(C)=O)[C@H](O)C2O)[C@H](O)C1O)NC(=O)CCCCCCCCCCCCCCCCC. The third-order valence-electron chi connectivity index (χ3n) is 17.1. The Labute approximate surface area is 515 Å². The van der Waals surface area contributed by atoms with Crippen molar-refractivity contribution in [1.82, 2.24) is 10.6 Å². The first-order chi connectivity index (χ1) is 42.0. The van der Waals surface area contributed by atoms with E-state index in [1.54, 1.807) is 6.08 Å². The molecule has 15 N–H and O–H groups in total. The summed E-state index contributed by atoms with van der Waals surface area (Å²) in [5, 5.41) is 147. The van der Waals surface area contributed by atoms with E-state index in [1.165, 1.54) is 116 Å². The third-order valence-corrected chi connectivity index (χ3v) is 17.1. The molecule has 510 valence electrons. The highest BCUT2D eigenvalue weighted by Gasteiger charge is 2.56. The summed E-state index contributed by atoms with van der Waals surface area (Å²) in [5.74, 6) is -1.06. The van der Waals surface area contributed by atoms with E-state index in [0.717, 1.165) is 51.9 Å². The summed E-state index contributed by atoms with van der Waals surface area (Å²) in [6, 6.07) is -2.62. The monoisotopic (exact) mass is 1250 g/mol. The molecule has 0 saturated carbocycles. The van der Waals surface area contributed by atoms with E-state index in [9.17, 15) is 76.0 Å². The average Bonchev–Trinajstić information content (AvgIpc) is 3.37. The van der Waals surface area contributed by atoms with E-state index in [-0.39, 0.29) is 12.3 Å². The van der Waals surface area contributed by atoms with Crippen molar-refractivity contribution in [3.05, 3.63) is 12.2 Å². The summed E-state index contributed by atoms with van der Waals surface area (Å²) in [4.78, 5) is 26.0. The number of hydrogen-bond donors (Lipinski definition) is 15. The summed E-state index contributed by atoms with van der Waals surface area (Å²) in [5.41, 5.74) is 0. The minimum absolute atomic E-state index is 0.217. The van der Waals surface area contributed by atoms with Gasteiger partial charge in [0.2, 0.25) is 11.8 Å². The van der Waals surface area contributed by atoms with Crippen molar-refractivity contribution in [3.8, 4) is 0 Å². The minimum Gasteiger partial charge on any atom is -0.394 e. The lowest BCUT2D eigenvalue weighted by molar-refractivity contribution is -0.380. The van der Waals surface area contributed by atoms with Gasteiger partial charge < -0.3 is 115 Å². The van der Waals surface area contributed by atoms with Gasteiger partial charge in [-0.05, 0) is 19.3 Å². The first-order valence-corrected chi connectivity index (χ1v) is 32.9. The van der Waals surface area contributed by atoms with Crippen molar-refractivity contribution < 1.29 is 114 Å². The molecule has 0 aromatic carbocycles. The second-order valence-electron chi connectivity index (χ2n) is 24.3. The Bertz CT molecular complexity index is 1830. The van der Waals surface area contributed by atoms with Crippen LogP contribution < -0.4 is 10.6 Å². The summed E-state index contributed by atoms with van der Waals surface area (Å²) >= 11 is 0. The molecule has 87 heavy (non-hydrogen) atoms. The fraction of sp³-hybridized carbons (Fsp3) is 0.935. The average molecular weight is 1260 g/mol. The van der Waals surface area contributed by atoms with Crippen LogP contribution in [0.2, 0.25) is 0 Å². The maximum absolute atomic E-state index is 13.4. The summed E-state index contributed by atoms with van der Waals surface area (Å²) in [6.07, 6.45) is 0.0598. The lowest BCUT2D eigenvalue weighted by atomic mass is 9.94. The van der Waals surface area contributed by atoms with E-state index >= 15 is 0 Å². The third kappa shape index (κ3) is 26.0. The van der Waals surface area contributed by atoms with Gasteiger partial charge in [-0.3, -0.25) is 9.59 Å². The van der Waals surface area contributed by atoms with E-state index in [4.69, 9.17) is 37.9 Å². The van der Waals surface area contributed by atoms with Gasteiger partial charge in [-0.2, -0.15) is 0 Å². The van der Waals surface area contributed by atoms with Gasteiger partial charge >= 0.3 is 0 Å². The van der Waals surface area contributed by atoms with Crippen LogP contribution in [0.5, 0.6) is 0 Å². The van der Waals surface area contributed by atoms with E-state index < -0.39 is 174 Å². The molecule has 0 aromatic rings. The number of carbonyl (C=O) groups is 2. The Kier molecular flexibility index (Phi) is 38.8. The van der Waals surface area contributed by atoms with Crippen molar-refractivity contribution in [2.24, 2.45) is 0 Å². The number of carbonyl (C=O) groups excluding carboxylic acids is 2. The molecule has 4 aliphatic heterocycles. The van der Waals surface area contributed by atoms with Crippen molar-refractivity contribution in [2.75, 3.05) is 33.0 Å². The number of unbranched alkanes of at least 4 members (excludes halogenated alkanes) is 25. The predicted molar refractivity (Wildman–Crippen MR) is 317 cm³/mol. The Morgan fingerprint density at radius 2 is 0.828 bits per heavy atom. The number of nitrogens with one attached hydrogen (secondary N) is 2. The molecular formula is C62H114N2O23. The zero-order chi connectivity index (χ0) is 63.7. The number of ether oxygens (including phenoxy) is 8. The standard InChI is InChI=1S/C62H114N2O23/c1-4-6-8-10-12-14-16-18-19-21-23-25-27-29-31-33-46(71)64-40(41(70)32-30-28-26-24-22-20-17-15-13-11-9-7-5-2)38-80-60-54(78)51(75)57(44(36-67)83-60)86-62-55(79)52(76)56(45(37-68)84-62)85-59-47(63-39(3)69)58(49(73)43(35-66)81-59)87-61-53(77)50(74)48(72)42(34-65)82-61/h30,32,40-45,47-62,65-68,70,72-79H,4-29,31,33-38H2,1-3H3,(H,63,69)(H,64,71)/b32-30+/t40-,41+,42?,43?,44?,45?,47?,48-,49-,50-,51+,52+,53?,54?,55?,56-,57+,58+,59-,60+,61-,62-/m0/s1. The van der Waals surface area contributed by atoms with Gasteiger partial charge in [-0.25, -0.2) is 0 Å². The second-order valence-corrected chi connectivity index (χ2v) is 24.3. The van der Waals surface area contributed by atoms with Gasteiger partial charge in [0, 0.05) is 13.3 Å². The predicted octanol–water partition coefficient (Wildman–Crippen LogP) is 1.78. The number of rotatable bonds is 45. The topological polar surface area (TPSA) is 395 Å². The molecule has 0 bridgehead atoms. The molecule has 8 unspecified atom stereocenters. The zero-order valence-corrected chi connectivity index (χ0v) is 52.1. The minimum atomic E-state index is -2.10. The van der Waals surface area contributed by atoms with E-state index in [0.29, 0.717) is 12.8 Å². The van der Waals surface area contributed by atoms with Crippen LogP contribution in [0.3, 0.4) is 0 Å². The van der Waals surface area contributed by atoms with Crippen LogP contribution >= 0.6 is 0 Å². The summed E-state index contributed by atoms with van der Waals surface area (Å²) < 4.78 is 46.7. The van der Waals surface area contributed by atoms with Crippen molar-refractivity contribution in [1.29, 1.82) is 0 Å². The molecule has 4 saturated heterocycles. The molecule has 4 fully saturated rings. The zero-order valence-electron chi connectivity index (χ0n) is 52.1. The molecule has 0 radical (unpaired) electrons. The lowest BCUT2D eigenvalue weighted by Crippen LogP contribution is -2.70. The Morgan fingerprint density at radius 3 is 1.30 bits per heavy atom. The lowest BCUT2D eigenvalue weighted by Gasteiger charge is -2.50. The molecule has 4 rings (SSSR count). The van der Waals surface area contributed by atoms with Gasteiger partial charge in [0.25, 0.3) is 0 Å². The van der Waals surface area contributed by atoms with Crippen LogP contribution in [0.15, 0.2) is 12.2 Å². The normalized spacial score (nSPS) is 33.8. The molecule has 4 heterocycles. The van der Waals surface area contributed by atoms with Gasteiger partial charge in [0.15, 0.2) is 25.2 Å². The number of amides is 2. The first-order valence-electron chi connectivity index (χ1n) is 32.9. The van der Waals surface area contributed by atoms with Crippen LogP contribution in [0.1, 0.15) is 201 Å². The van der Waals surface area contributed by atoms with Gasteiger partial charge in [0.05, 0.1) is 45.2 Å². The molecule has 2 amide bonds. The van der Waals surface area contributed by atoms with Crippen LogP contribution in [0, 0.1) is 0 Å². The Morgan fingerprint density at radius 1 is 0.448 bits per heavy atom. The largest absolute Gasteiger partial charge is 0.394 e. The van der Waals surface area contributed by atoms with Crippen LogP contribution in [-0.2, 0) is 47.5 Å². The maximum atomic E-state index is 13.4. The number of hydrogen-bond acceptors (Lipinski definition) is 23. The summed E-state index contributed by atoms with van der Waals surface area (Å²) in [6.45, 7) is 1.59. The highest BCUT2D eigenvalue weighted by atomic mass is 16.8. The van der Waals surface area contributed by atoms with Gasteiger partial charge in [-0.1, -0.05) is 180 Å². The molecule has 4 aliphatic rings. The number of aliphatic hydroxyl groups is 13. The summed E-state index contributed by atoms with van der Waals surface area (Å²) in [7, 11) is 0. The quantitative estimate of drug-likeness (QED) is 0.0305. The molecular weight excluding hydrogens is 1140 g/mol. The molecule has 25 nitrogen and oxygen atoms in total. The van der Waals surface area contributed by atoms with Crippen molar-refractivity contribution >= 4 is 11.8 Å².